The summed E-state index contributed by atoms with van der Waals surface area (Å²) in [5.41, 5.74) is 5.24. The number of nitrogens with one attached hydrogen (secondary N) is 2. The number of amides is 1. The molecule has 35 heavy (non-hydrogen) atoms. The number of aromatic amines is 1. The molecule has 0 radical (unpaired) electrons. The molecular formula is C30H28N2O2S. The van der Waals surface area contributed by atoms with Crippen molar-refractivity contribution in [2.24, 2.45) is 0 Å². The summed E-state index contributed by atoms with van der Waals surface area (Å²) in [5.74, 6) is 1.26. The molecule has 1 aromatic heterocycles. The van der Waals surface area contributed by atoms with E-state index in [9.17, 15) is 4.79 Å². The third-order valence-corrected chi connectivity index (χ3v) is 7.17. The Kier molecular flexibility index (Phi) is 6.77. The first-order valence-corrected chi connectivity index (χ1v) is 12.9. The number of ether oxygens (including phenoxy) is 1. The van der Waals surface area contributed by atoms with Gasteiger partial charge in [0, 0.05) is 28.1 Å². The molecule has 0 atom stereocenters. The van der Waals surface area contributed by atoms with Crippen LogP contribution in [0.2, 0.25) is 0 Å². The van der Waals surface area contributed by atoms with Crippen molar-refractivity contribution < 1.29 is 9.53 Å². The minimum atomic E-state index is -0.108. The molecule has 4 aromatic carbocycles. The monoisotopic (exact) mass is 480 g/mol. The van der Waals surface area contributed by atoms with Gasteiger partial charge >= 0.3 is 0 Å². The largest absolute Gasteiger partial charge is 0.493 e. The highest BCUT2D eigenvalue weighted by molar-refractivity contribution is 7.99. The standard InChI is InChI=1S/C30H28N2O2S/c1-3-34-26-17-16-21-8-4-5-9-23(21)27(26)30(33)31-18-19-35-29-24-10-6-7-11-25(24)32-28(29)22-14-12-20(2)13-15-22/h4-17,32H,3,18-19H2,1-2H3,(H,31,33). The van der Waals surface area contributed by atoms with Gasteiger partial charge in [-0.25, -0.2) is 0 Å². The highest BCUT2D eigenvalue weighted by Crippen LogP contribution is 2.37. The minimum absolute atomic E-state index is 0.108. The Balaban J connectivity index is 1.35. The minimum Gasteiger partial charge on any atom is -0.493 e. The van der Waals surface area contributed by atoms with Crippen molar-refractivity contribution in [1.82, 2.24) is 10.3 Å². The molecule has 0 saturated carbocycles. The summed E-state index contributed by atoms with van der Waals surface area (Å²) >= 11 is 1.76. The molecule has 0 fully saturated rings. The molecule has 0 aliphatic heterocycles. The number of hydrogen-bond acceptors (Lipinski definition) is 3. The van der Waals surface area contributed by atoms with Crippen molar-refractivity contribution >= 4 is 39.3 Å². The molecule has 0 spiro atoms. The maximum atomic E-state index is 13.2. The molecule has 1 amide bonds. The van der Waals surface area contributed by atoms with Gasteiger partial charge in [-0.1, -0.05) is 78.4 Å². The average molecular weight is 481 g/mol. The van der Waals surface area contributed by atoms with Crippen molar-refractivity contribution in [3.8, 4) is 17.0 Å². The molecule has 0 bridgehead atoms. The Morgan fingerprint density at radius 2 is 1.66 bits per heavy atom. The van der Waals surface area contributed by atoms with E-state index in [1.54, 1.807) is 11.8 Å². The lowest BCUT2D eigenvalue weighted by Crippen LogP contribution is -2.26. The third kappa shape index (κ3) is 4.77. The fraction of sp³-hybridized carbons (Fsp3) is 0.167. The lowest BCUT2D eigenvalue weighted by atomic mass is 10.0. The van der Waals surface area contributed by atoms with Gasteiger partial charge in [-0.15, -0.1) is 11.8 Å². The Morgan fingerprint density at radius 3 is 2.46 bits per heavy atom. The fourth-order valence-corrected chi connectivity index (χ4v) is 5.41. The first kappa shape index (κ1) is 23.1. The Bertz CT molecular complexity index is 1490. The summed E-state index contributed by atoms with van der Waals surface area (Å²) in [6.45, 7) is 5.09. The van der Waals surface area contributed by atoms with Gasteiger partial charge in [0.2, 0.25) is 0 Å². The van der Waals surface area contributed by atoms with Crippen LogP contribution < -0.4 is 10.1 Å². The van der Waals surface area contributed by atoms with E-state index in [1.165, 1.54) is 15.8 Å². The third-order valence-electron chi connectivity index (χ3n) is 6.05. The van der Waals surface area contributed by atoms with Crippen LogP contribution in [-0.2, 0) is 0 Å². The zero-order valence-corrected chi connectivity index (χ0v) is 20.7. The molecule has 4 nitrogen and oxygen atoms in total. The molecule has 0 unspecified atom stereocenters. The predicted molar refractivity (Wildman–Crippen MR) is 147 cm³/mol. The van der Waals surface area contributed by atoms with E-state index in [1.807, 2.05) is 49.4 Å². The molecule has 2 N–H and O–H groups in total. The Morgan fingerprint density at radius 1 is 0.914 bits per heavy atom. The summed E-state index contributed by atoms with van der Waals surface area (Å²) in [7, 11) is 0. The smallest absolute Gasteiger partial charge is 0.255 e. The SMILES string of the molecule is CCOc1ccc2ccccc2c1C(=O)NCCSc1c(-c2ccc(C)cc2)[nH]c2ccccc12. The highest BCUT2D eigenvalue weighted by Gasteiger charge is 2.17. The van der Waals surface area contributed by atoms with Crippen molar-refractivity contribution in [2.45, 2.75) is 18.7 Å². The van der Waals surface area contributed by atoms with E-state index in [0.29, 0.717) is 24.5 Å². The van der Waals surface area contributed by atoms with E-state index in [0.717, 1.165) is 33.3 Å². The average Bonchev–Trinajstić information content (AvgIpc) is 3.25. The number of aromatic nitrogens is 1. The van der Waals surface area contributed by atoms with Gasteiger partial charge < -0.3 is 15.0 Å². The lowest BCUT2D eigenvalue weighted by molar-refractivity contribution is 0.0954. The second-order valence-electron chi connectivity index (χ2n) is 8.44. The first-order valence-electron chi connectivity index (χ1n) is 11.9. The van der Waals surface area contributed by atoms with Crippen LogP contribution in [0.5, 0.6) is 5.75 Å². The Labute approximate surface area is 209 Å². The van der Waals surface area contributed by atoms with E-state index in [-0.39, 0.29) is 5.91 Å². The second kappa shape index (κ2) is 10.3. The summed E-state index contributed by atoms with van der Waals surface area (Å²) in [5, 5.41) is 6.25. The fourth-order valence-electron chi connectivity index (χ4n) is 4.36. The number of H-pyrrole nitrogens is 1. The summed E-state index contributed by atoms with van der Waals surface area (Å²) in [6, 6.07) is 28.7. The molecule has 176 valence electrons. The van der Waals surface area contributed by atoms with Crippen molar-refractivity contribution in [3.63, 3.8) is 0 Å². The summed E-state index contributed by atoms with van der Waals surface area (Å²) in [6.07, 6.45) is 0. The zero-order valence-electron chi connectivity index (χ0n) is 19.9. The van der Waals surface area contributed by atoms with Crippen molar-refractivity contribution in [2.75, 3.05) is 18.9 Å². The van der Waals surface area contributed by atoms with Crippen LogP contribution in [0.15, 0.2) is 89.8 Å². The predicted octanol–water partition coefficient (Wildman–Crippen LogP) is 7.22. The number of thioether (sulfide) groups is 1. The number of fused-ring (bicyclic) bond motifs is 2. The second-order valence-corrected chi connectivity index (χ2v) is 9.54. The molecule has 5 aromatic rings. The first-order chi connectivity index (χ1) is 17.2. The van der Waals surface area contributed by atoms with Crippen LogP contribution in [0, 0.1) is 6.92 Å². The summed E-state index contributed by atoms with van der Waals surface area (Å²) in [4.78, 5) is 18.0. The van der Waals surface area contributed by atoms with Crippen LogP contribution in [0.3, 0.4) is 0 Å². The number of benzene rings is 4. The van der Waals surface area contributed by atoms with E-state index < -0.39 is 0 Å². The number of carbonyl (C=O) groups is 1. The Hall–Kier alpha value is -3.70. The van der Waals surface area contributed by atoms with Crippen LogP contribution in [-0.4, -0.2) is 29.8 Å². The van der Waals surface area contributed by atoms with Gasteiger partial charge in [0.1, 0.15) is 5.75 Å². The van der Waals surface area contributed by atoms with Crippen LogP contribution >= 0.6 is 11.8 Å². The van der Waals surface area contributed by atoms with E-state index in [2.05, 4.69) is 59.7 Å². The molecule has 0 aliphatic carbocycles. The van der Waals surface area contributed by atoms with Crippen LogP contribution in [0.4, 0.5) is 0 Å². The number of hydrogen-bond donors (Lipinski definition) is 2. The maximum absolute atomic E-state index is 13.2. The number of para-hydroxylation sites is 1. The van der Waals surface area contributed by atoms with E-state index >= 15 is 0 Å². The highest BCUT2D eigenvalue weighted by atomic mass is 32.2. The van der Waals surface area contributed by atoms with Gasteiger partial charge in [-0.2, -0.15) is 0 Å². The van der Waals surface area contributed by atoms with Crippen molar-refractivity contribution in [3.05, 3.63) is 96.1 Å². The topological polar surface area (TPSA) is 54.1 Å². The van der Waals surface area contributed by atoms with Crippen LogP contribution in [0.25, 0.3) is 32.9 Å². The number of rotatable bonds is 8. The number of aryl methyl sites for hydroxylation is 1. The van der Waals surface area contributed by atoms with E-state index in [4.69, 9.17) is 4.74 Å². The lowest BCUT2D eigenvalue weighted by Gasteiger charge is -2.13. The summed E-state index contributed by atoms with van der Waals surface area (Å²) < 4.78 is 5.78. The molecule has 5 rings (SSSR count). The maximum Gasteiger partial charge on any atom is 0.255 e. The van der Waals surface area contributed by atoms with Crippen LogP contribution in [0.1, 0.15) is 22.8 Å². The molecule has 0 aliphatic rings. The zero-order chi connectivity index (χ0) is 24.2. The quantitative estimate of drug-likeness (QED) is 0.182. The van der Waals surface area contributed by atoms with Gasteiger partial charge in [0.15, 0.2) is 0 Å². The molecule has 0 saturated heterocycles. The van der Waals surface area contributed by atoms with Gasteiger partial charge in [0.25, 0.3) is 5.91 Å². The van der Waals surface area contributed by atoms with Gasteiger partial charge in [-0.3, -0.25) is 4.79 Å². The molecule has 1 heterocycles. The number of carbonyl (C=O) groups excluding carboxylic acids is 1. The van der Waals surface area contributed by atoms with Crippen molar-refractivity contribution in [1.29, 1.82) is 0 Å². The molecular weight excluding hydrogens is 452 g/mol. The van der Waals surface area contributed by atoms with Gasteiger partial charge in [-0.05, 0) is 42.3 Å². The van der Waals surface area contributed by atoms with Gasteiger partial charge in [0.05, 0.1) is 17.9 Å². The molecule has 5 heteroatoms. The normalized spacial score (nSPS) is 11.1.